The maximum atomic E-state index is 13.5. The van der Waals surface area contributed by atoms with E-state index < -0.39 is 0 Å². The highest BCUT2D eigenvalue weighted by Crippen LogP contribution is 2.36. The molecule has 0 spiro atoms. The van der Waals surface area contributed by atoms with Crippen LogP contribution in [0.5, 0.6) is 0 Å². The fraction of sp³-hybridized carbons (Fsp3) is 0.625. The Morgan fingerprint density at radius 3 is 2.79 bits per heavy atom. The third-order valence-electron chi connectivity index (χ3n) is 4.23. The Kier molecular flexibility index (Phi) is 5.71. The van der Waals surface area contributed by atoms with Crippen LogP contribution in [0, 0.1) is 17.7 Å². The van der Waals surface area contributed by atoms with Gasteiger partial charge >= 0.3 is 0 Å². The number of aliphatic hydroxyl groups is 1. The van der Waals surface area contributed by atoms with Crippen LogP contribution in [0.4, 0.5) is 4.39 Å². The monoisotopic (exact) mass is 282 g/mol. The van der Waals surface area contributed by atoms with Crippen molar-refractivity contribution in [1.82, 2.24) is 0 Å². The van der Waals surface area contributed by atoms with Gasteiger partial charge in [-0.3, -0.25) is 0 Å². The number of thioether (sulfide) groups is 1. The minimum atomic E-state index is -0.310. The molecule has 3 heteroatoms. The molecule has 1 aromatic rings. The number of aliphatic hydroxyl groups excluding tert-OH is 1. The molecule has 2 rings (SSSR count). The Morgan fingerprint density at radius 2 is 2.05 bits per heavy atom. The van der Waals surface area contributed by atoms with Crippen molar-refractivity contribution in [3.63, 3.8) is 0 Å². The van der Waals surface area contributed by atoms with Crippen LogP contribution >= 0.6 is 11.8 Å². The summed E-state index contributed by atoms with van der Waals surface area (Å²) in [6.07, 6.45) is 5.71. The summed E-state index contributed by atoms with van der Waals surface area (Å²) in [6.45, 7) is 2.21. The van der Waals surface area contributed by atoms with Crippen LogP contribution in [0.1, 0.15) is 39.0 Å². The van der Waals surface area contributed by atoms with E-state index in [1.165, 1.54) is 37.1 Å². The first kappa shape index (κ1) is 14.9. The van der Waals surface area contributed by atoms with Gasteiger partial charge in [0, 0.05) is 10.6 Å². The van der Waals surface area contributed by atoms with Gasteiger partial charge in [0.15, 0.2) is 0 Å². The van der Waals surface area contributed by atoms with Crippen molar-refractivity contribution < 1.29 is 9.50 Å². The molecule has 106 valence electrons. The average molecular weight is 282 g/mol. The van der Waals surface area contributed by atoms with Gasteiger partial charge in [-0.05, 0) is 30.4 Å². The van der Waals surface area contributed by atoms with Crippen molar-refractivity contribution in [3.8, 4) is 0 Å². The normalized spacial score (nSPS) is 25.2. The van der Waals surface area contributed by atoms with E-state index in [1.807, 2.05) is 6.07 Å². The van der Waals surface area contributed by atoms with Gasteiger partial charge in [-0.1, -0.05) is 44.7 Å². The van der Waals surface area contributed by atoms with Crippen molar-refractivity contribution >= 4 is 11.8 Å². The van der Waals surface area contributed by atoms with Gasteiger partial charge in [0.2, 0.25) is 0 Å². The van der Waals surface area contributed by atoms with Crippen LogP contribution in [0.3, 0.4) is 0 Å². The molecule has 1 aliphatic rings. The van der Waals surface area contributed by atoms with Crippen molar-refractivity contribution in [2.75, 3.05) is 5.75 Å². The van der Waals surface area contributed by atoms with Gasteiger partial charge in [-0.15, -0.1) is 11.8 Å². The van der Waals surface area contributed by atoms with Crippen LogP contribution in [-0.2, 0) is 0 Å². The Morgan fingerprint density at radius 1 is 1.32 bits per heavy atom. The molecule has 0 aliphatic heterocycles. The fourth-order valence-electron chi connectivity index (χ4n) is 3.11. The third kappa shape index (κ3) is 3.96. The Labute approximate surface area is 119 Å². The Hall–Kier alpha value is -0.540. The SMILES string of the molecule is CCC1CCCCC1C(O)CSc1ccccc1F. The summed E-state index contributed by atoms with van der Waals surface area (Å²) in [4.78, 5) is 0.644. The quantitative estimate of drug-likeness (QED) is 0.803. The van der Waals surface area contributed by atoms with E-state index in [0.717, 1.165) is 12.8 Å². The topological polar surface area (TPSA) is 20.2 Å². The minimum absolute atomic E-state index is 0.185. The molecule has 0 aromatic heterocycles. The smallest absolute Gasteiger partial charge is 0.136 e. The van der Waals surface area contributed by atoms with E-state index in [-0.39, 0.29) is 11.9 Å². The van der Waals surface area contributed by atoms with Crippen LogP contribution in [0.15, 0.2) is 29.2 Å². The molecule has 1 nitrogen and oxygen atoms in total. The summed E-state index contributed by atoms with van der Waals surface area (Å²) in [6, 6.07) is 6.80. The van der Waals surface area contributed by atoms with Gasteiger partial charge < -0.3 is 5.11 Å². The fourth-order valence-corrected chi connectivity index (χ4v) is 4.09. The largest absolute Gasteiger partial charge is 0.392 e. The van der Waals surface area contributed by atoms with E-state index in [9.17, 15) is 9.50 Å². The molecule has 3 atom stereocenters. The first-order valence-corrected chi connectivity index (χ1v) is 8.26. The molecule has 0 saturated heterocycles. The summed E-state index contributed by atoms with van der Waals surface area (Å²) in [5, 5.41) is 10.4. The van der Waals surface area contributed by atoms with E-state index in [1.54, 1.807) is 12.1 Å². The van der Waals surface area contributed by atoms with Crippen molar-refractivity contribution in [3.05, 3.63) is 30.1 Å². The minimum Gasteiger partial charge on any atom is -0.392 e. The zero-order valence-corrected chi connectivity index (χ0v) is 12.3. The molecular formula is C16H23FOS. The Balaban J connectivity index is 1.90. The second-order valence-corrected chi connectivity index (χ2v) is 6.49. The zero-order valence-electron chi connectivity index (χ0n) is 11.5. The lowest BCUT2D eigenvalue weighted by atomic mass is 9.75. The van der Waals surface area contributed by atoms with Gasteiger partial charge in [-0.2, -0.15) is 0 Å². The number of hydrogen-bond acceptors (Lipinski definition) is 2. The first-order valence-electron chi connectivity index (χ1n) is 7.27. The van der Waals surface area contributed by atoms with Gasteiger partial charge in [0.1, 0.15) is 5.82 Å². The highest BCUT2D eigenvalue weighted by Gasteiger charge is 2.29. The highest BCUT2D eigenvalue weighted by molar-refractivity contribution is 7.99. The van der Waals surface area contributed by atoms with Crippen molar-refractivity contribution in [2.45, 2.75) is 50.0 Å². The predicted molar refractivity (Wildman–Crippen MR) is 78.9 cm³/mol. The first-order chi connectivity index (χ1) is 9.22. The lowest BCUT2D eigenvalue weighted by Crippen LogP contribution is -2.32. The van der Waals surface area contributed by atoms with Gasteiger partial charge in [-0.25, -0.2) is 4.39 Å². The molecule has 3 unspecified atom stereocenters. The van der Waals surface area contributed by atoms with Crippen LogP contribution in [0.2, 0.25) is 0 Å². The maximum absolute atomic E-state index is 13.5. The molecule has 19 heavy (non-hydrogen) atoms. The molecule has 1 N–H and O–H groups in total. The van der Waals surface area contributed by atoms with E-state index in [4.69, 9.17) is 0 Å². The van der Waals surface area contributed by atoms with Crippen LogP contribution < -0.4 is 0 Å². The molecule has 0 amide bonds. The van der Waals surface area contributed by atoms with Gasteiger partial charge in [0.05, 0.1) is 6.10 Å². The Bertz CT molecular complexity index is 396. The lowest BCUT2D eigenvalue weighted by molar-refractivity contribution is 0.0629. The molecule has 1 saturated carbocycles. The molecular weight excluding hydrogens is 259 g/mol. The van der Waals surface area contributed by atoms with Crippen LogP contribution in [0.25, 0.3) is 0 Å². The number of halogens is 1. The second-order valence-electron chi connectivity index (χ2n) is 5.43. The number of rotatable bonds is 5. The summed E-state index contributed by atoms with van der Waals surface area (Å²) in [5.74, 6) is 1.46. The summed E-state index contributed by atoms with van der Waals surface area (Å²) < 4.78 is 13.5. The average Bonchev–Trinajstić information content (AvgIpc) is 2.46. The summed E-state index contributed by atoms with van der Waals surface area (Å²) in [7, 11) is 0. The standard InChI is InChI=1S/C16H23FOS/c1-2-12-7-3-4-8-13(12)15(18)11-19-16-10-6-5-9-14(16)17/h5-6,9-10,12-13,15,18H,2-4,7-8,11H2,1H3. The number of benzene rings is 1. The third-order valence-corrected chi connectivity index (χ3v) is 5.38. The highest BCUT2D eigenvalue weighted by atomic mass is 32.2. The molecule has 1 aliphatic carbocycles. The molecule has 0 radical (unpaired) electrons. The molecule has 1 fully saturated rings. The van der Waals surface area contributed by atoms with Crippen LogP contribution in [-0.4, -0.2) is 17.0 Å². The van der Waals surface area contributed by atoms with E-state index in [2.05, 4.69) is 6.92 Å². The molecule has 0 bridgehead atoms. The second kappa shape index (κ2) is 7.30. The summed E-state index contributed by atoms with van der Waals surface area (Å²) >= 11 is 1.44. The zero-order chi connectivity index (χ0) is 13.7. The lowest BCUT2D eigenvalue weighted by Gasteiger charge is -2.34. The molecule has 1 aromatic carbocycles. The number of hydrogen-bond donors (Lipinski definition) is 1. The van der Waals surface area contributed by atoms with E-state index in [0.29, 0.717) is 22.5 Å². The molecule has 0 heterocycles. The van der Waals surface area contributed by atoms with Gasteiger partial charge in [0.25, 0.3) is 0 Å². The van der Waals surface area contributed by atoms with Crippen molar-refractivity contribution in [2.24, 2.45) is 11.8 Å². The van der Waals surface area contributed by atoms with E-state index >= 15 is 0 Å². The predicted octanol–water partition coefficient (Wildman–Crippen LogP) is 4.50. The van der Waals surface area contributed by atoms with Crippen molar-refractivity contribution in [1.29, 1.82) is 0 Å². The summed E-state index contributed by atoms with van der Waals surface area (Å²) in [5.41, 5.74) is 0. The maximum Gasteiger partial charge on any atom is 0.136 e.